The summed E-state index contributed by atoms with van der Waals surface area (Å²) in [5.74, 6) is 1.83. The van der Waals surface area contributed by atoms with Gasteiger partial charge in [0.25, 0.3) is 0 Å². The molecular formula is C14H29N. The topological polar surface area (TPSA) is 12.0 Å². The zero-order valence-corrected chi connectivity index (χ0v) is 11.3. The lowest BCUT2D eigenvalue weighted by atomic mass is 9.78. The number of hydrogen-bond acceptors (Lipinski definition) is 1. The van der Waals surface area contributed by atoms with Gasteiger partial charge in [0.15, 0.2) is 0 Å². The standard InChI is InChI=1S/C14H29N/c1-6-14(5,7-2)15-13-9-8-11(3)12(4)10-13/h11-13,15H,6-10H2,1-5H3. The van der Waals surface area contributed by atoms with Gasteiger partial charge in [0.05, 0.1) is 0 Å². The smallest absolute Gasteiger partial charge is 0.0150 e. The van der Waals surface area contributed by atoms with E-state index in [-0.39, 0.29) is 0 Å². The van der Waals surface area contributed by atoms with E-state index in [0.717, 1.165) is 17.9 Å². The van der Waals surface area contributed by atoms with Gasteiger partial charge < -0.3 is 5.32 Å². The van der Waals surface area contributed by atoms with E-state index in [4.69, 9.17) is 0 Å². The maximum absolute atomic E-state index is 3.88. The quantitative estimate of drug-likeness (QED) is 0.741. The zero-order chi connectivity index (χ0) is 11.5. The van der Waals surface area contributed by atoms with E-state index in [0.29, 0.717) is 5.54 Å². The molecule has 0 spiro atoms. The van der Waals surface area contributed by atoms with Gasteiger partial charge in [-0.15, -0.1) is 0 Å². The molecule has 1 heteroatoms. The van der Waals surface area contributed by atoms with Gasteiger partial charge in [0.1, 0.15) is 0 Å². The molecule has 0 aliphatic heterocycles. The van der Waals surface area contributed by atoms with Crippen LogP contribution < -0.4 is 5.32 Å². The minimum absolute atomic E-state index is 0.366. The summed E-state index contributed by atoms with van der Waals surface area (Å²) in [6.45, 7) is 11.8. The van der Waals surface area contributed by atoms with Crippen LogP contribution in [0.2, 0.25) is 0 Å². The molecule has 0 amide bonds. The molecule has 3 unspecified atom stereocenters. The Kier molecular flexibility index (Phi) is 4.64. The maximum atomic E-state index is 3.88. The highest BCUT2D eigenvalue weighted by atomic mass is 15.0. The summed E-state index contributed by atoms with van der Waals surface area (Å²) in [6, 6.07) is 0.765. The van der Waals surface area contributed by atoms with E-state index in [1.54, 1.807) is 0 Å². The summed E-state index contributed by atoms with van der Waals surface area (Å²) in [5, 5.41) is 3.88. The molecule has 1 nitrogen and oxygen atoms in total. The Hall–Kier alpha value is -0.0400. The van der Waals surface area contributed by atoms with Crippen LogP contribution in [-0.2, 0) is 0 Å². The van der Waals surface area contributed by atoms with Gasteiger partial charge in [0.2, 0.25) is 0 Å². The van der Waals surface area contributed by atoms with Crippen LogP contribution >= 0.6 is 0 Å². The van der Waals surface area contributed by atoms with Crippen LogP contribution in [0.4, 0.5) is 0 Å². The zero-order valence-electron chi connectivity index (χ0n) is 11.3. The van der Waals surface area contributed by atoms with Gasteiger partial charge in [-0.05, 0) is 50.9 Å². The van der Waals surface area contributed by atoms with Gasteiger partial charge >= 0.3 is 0 Å². The molecule has 0 radical (unpaired) electrons. The Bertz CT molecular complexity index is 184. The van der Waals surface area contributed by atoms with Gasteiger partial charge in [-0.2, -0.15) is 0 Å². The largest absolute Gasteiger partial charge is 0.309 e. The first-order valence-corrected chi connectivity index (χ1v) is 6.78. The summed E-state index contributed by atoms with van der Waals surface area (Å²) in [5.41, 5.74) is 0.366. The highest BCUT2D eigenvalue weighted by Gasteiger charge is 2.29. The molecule has 1 fully saturated rings. The van der Waals surface area contributed by atoms with E-state index in [2.05, 4.69) is 39.9 Å². The molecule has 1 rings (SSSR count). The molecule has 0 aromatic rings. The van der Waals surface area contributed by atoms with Crippen LogP contribution in [-0.4, -0.2) is 11.6 Å². The summed E-state index contributed by atoms with van der Waals surface area (Å²) in [6.07, 6.45) is 6.63. The second-order valence-electron chi connectivity index (χ2n) is 5.88. The van der Waals surface area contributed by atoms with Crippen molar-refractivity contribution in [3.63, 3.8) is 0 Å². The third-order valence-electron chi connectivity index (χ3n) is 4.71. The van der Waals surface area contributed by atoms with Crippen LogP contribution in [0.1, 0.15) is 66.7 Å². The number of rotatable bonds is 4. The third kappa shape index (κ3) is 3.48. The van der Waals surface area contributed by atoms with Crippen molar-refractivity contribution in [3.05, 3.63) is 0 Å². The van der Waals surface area contributed by atoms with Crippen LogP contribution in [0, 0.1) is 11.8 Å². The minimum atomic E-state index is 0.366. The fourth-order valence-corrected chi connectivity index (χ4v) is 2.63. The van der Waals surface area contributed by atoms with Crippen LogP contribution in [0.3, 0.4) is 0 Å². The molecule has 3 atom stereocenters. The Balaban J connectivity index is 2.45. The fraction of sp³-hybridized carbons (Fsp3) is 1.00. The van der Waals surface area contributed by atoms with E-state index in [1.807, 2.05) is 0 Å². The first-order chi connectivity index (χ1) is 7.00. The molecule has 0 aromatic carbocycles. The number of hydrogen-bond donors (Lipinski definition) is 1. The second-order valence-corrected chi connectivity index (χ2v) is 5.88. The van der Waals surface area contributed by atoms with Gasteiger partial charge in [-0.1, -0.05) is 27.7 Å². The molecule has 90 valence electrons. The van der Waals surface area contributed by atoms with Crippen molar-refractivity contribution >= 4 is 0 Å². The van der Waals surface area contributed by atoms with Gasteiger partial charge in [0, 0.05) is 11.6 Å². The molecule has 1 aliphatic carbocycles. The Morgan fingerprint density at radius 1 is 1.07 bits per heavy atom. The summed E-state index contributed by atoms with van der Waals surface area (Å²) >= 11 is 0. The Morgan fingerprint density at radius 3 is 2.13 bits per heavy atom. The SMILES string of the molecule is CCC(C)(CC)NC1CCC(C)C(C)C1. The van der Waals surface area contributed by atoms with Crippen molar-refractivity contribution in [1.82, 2.24) is 5.32 Å². The summed E-state index contributed by atoms with van der Waals surface area (Å²) < 4.78 is 0. The van der Waals surface area contributed by atoms with E-state index >= 15 is 0 Å². The maximum Gasteiger partial charge on any atom is 0.0150 e. The van der Waals surface area contributed by atoms with Crippen LogP contribution in [0.25, 0.3) is 0 Å². The molecule has 0 bridgehead atoms. The van der Waals surface area contributed by atoms with Crippen molar-refractivity contribution in [2.45, 2.75) is 78.3 Å². The average Bonchev–Trinajstić information content (AvgIpc) is 2.23. The molecule has 1 aliphatic rings. The predicted octanol–water partition coefficient (Wildman–Crippen LogP) is 3.98. The fourth-order valence-electron chi connectivity index (χ4n) is 2.63. The highest BCUT2D eigenvalue weighted by molar-refractivity contribution is 4.88. The third-order valence-corrected chi connectivity index (χ3v) is 4.71. The van der Waals surface area contributed by atoms with Crippen molar-refractivity contribution in [3.8, 4) is 0 Å². The molecule has 0 aromatic heterocycles. The van der Waals surface area contributed by atoms with Crippen molar-refractivity contribution in [1.29, 1.82) is 0 Å². The monoisotopic (exact) mass is 211 g/mol. The van der Waals surface area contributed by atoms with E-state index < -0.39 is 0 Å². The second kappa shape index (κ2) is 5.34. The lowest BCUT2D eigenvalue weighted by Crippen LogP contribution is -2.49. The minimum Gasteiger partial charge on any atom is -0.309 e. The lowest BCUT2D eigenvalue weighted by molar-refractivity contribution is 0.183. The van der Waals surface area contributed by atoms with E-state index in [1.165, 1.54) is 32.1 Å². The Morgan fingerprint density at radius 2 is 1.67 bits per heavy atom. The van der Waals surface area contributed by atoms with Crippen molar-refractivity contribution < 1.29 is 0 Å². The first-order valence-electron chi connectivity index (χ1n) is 6.78. The Labute approximate surface area is 96.0 Å². The molecular weight excluding hydrogens is 182 g/mol. The number of nitrogens with one attached hydrogen (secondary N) is 1. The van der Waals surface area contributed by atoms with Crippen LogP contribution in [0.15, 0.2) is 0 Å². The van der Waals surface area contributed by atoms with Crippen molar-refractivity contribution in [2.75, 3.05) is 0 Å². The van der Waals surface area contributed by atoms with Crippen molar-refractivity contribution in [2.24, 2.45) is 11.8 Å². The van der Waals surface area contributed by atoms with Gasteiger partial charge in [-0.3, -0.25) is 0 Å². The molecule has 1 saturated carbocycles. The first kappa shape index (κ1) is 13.0. The highest BCUT2D eigenvalue weighted by Crippen LogP contribution is 2.31. The summed E-state index contributed by atoms with van der Waals surface area (Å²) in [4.78, 5) is 0. The van der Waals surface area contributed by atoms with Gasteiger partial charge in [-0.25, -0.2) is 0 Å². The molecule has 1 N–H and O–H groups in total. The molecule has 0 saturated heterocycles. The summed E-state index contributed by atoms with van der Waals surface area (Å²) in [7, 11) is 0. The molecule has 15 heavy (non-hydrogen) atoms. The molecule has 0 heterocycles. The predicted molar refractivity (Wildman–Crippen MR) is 68.1 cm³/mol. The lowest BCUT2D eigenvalue weighted by Gasteiger charge is -2.39. The normalized spacial score (nSPS) is 33.0. The van der Waals surface area contributed by atoms with Crippen LogP contribution in [0.5, 0.6) is 0 Å². The average molecular weight is 211 g/mol. The van der Waals surface area contributed by atoms with E-state index in [9.17, 15) is 0 Å².